The van der Waals surface area contributed by atoms with Gasteiger partial charge >= 0.3 is 5.97 Å². The lowest BCUT2D eigenvalue weighted by atomic mass is 9.42. The highest BCUT2D eigenvalue weighted by atomic mass is 16.7. The largest absolute Gasteiger partial charge is 0.506 e. The highest BCUT2D eigenvalue weighted by Crippen LogP contribution is 2.72. The number of hydrogen-bond acceptors (Lipinski definition) is 11. The molecule has 60 heavy (non-hydrogen) atoms. The van der Waals surface area contributed by atoms with Gasteiger partial charge in [-0.05, 0) is 159 Å². The Morgan fingerprint density at radius 1 is 1.00 bits per heavy atom. The second-order valence-corrected chi connectivity index (χ2v) is 20.2. The lowest BCUT2D eigenvalue weighted by Crippen LogP contribution is -2.70. The molecule has 0 radical (unpaired) electrons. The number of aliphatic hydroxyl groups is 4. The molecular weight excluding hydrogens is 769 g/mol. The van der Waals surface area contributed by atoms with Gasteiger partial charge in [-0.3, -0.25) is 4.79 Å². The summed E-state index contributed by atoms with van der Waals surface area (Å²) in [4.78, 5) is 24.9. The zero-order valence-electron chi connectivity index (χ0n) is 34.8. The Bertz CT molecular complexity index is 2170. The second kappa shape index (κ2) is 14.6. The molecule has 4 saturated carbocycles. The fourth-order valence-electron chi connectivity index (χ4n) is 15.0. The molecule has 0 aromatic heterocycles. The normalized spacial score (nSPS) is 38.9. The third kappa shape index (κ3) is 5.94. The van der Waals surface area contributed by atoms with E-state index in [2.05, 4.69) is 6.08 Å². The third-order valence-electron chi connectivity index (χ3n) is 17.1. The zero-order valence-corrected chi connectivity index (χ0v) is 34.8. The van der Waals surface area contributed by atoms with Crippen LogP contribution in [0.3, 0.4) is 0 Å². The monoisotopic (exact) mass is 828 g/mol. The van der Waals surface area contributed by atoms with Crippen LogP contribution in [0.1, 0.15) is 117 Å². The van der Waals surface area contributed by atoms with Crippen LogP contribution in [0.5, 0.6) is 11.5 Å². The van der Waals surface area contributed by atoms with E-state index in [4.69, 9.17) is 18.9 Å². The Morgan fingerprint density at radius 3 is 2.52 bits per heavy atom. The number of aromatic hydroxyl groups is 1. The Morgan fingerprint density at radius 2 is 1.78 bits per heavy atom. The number of aliphatic hydroxyl groups excluding tert-OH is 4. The Hall–Kier alpha value is -3.36. The summed E-state index contributed by atoms with van der Waals surface area (Å²) in [5.41, 5.74) is 2.93. The van der Waals surface area contributed by atoms with Crippen molar-refractivity contribution in [1.82, 2.24) is 0 Å². The van der Waals surface area contributed by atoms with Crippen molar-refractivity contribution in [1.29, 1.82) is 0 Å². The van der Waals surface area contributed by atoms with Crippen molar-refractivity contribution >= 4 is 22.5 Å². The van der Waals surface area contributed by atoms with Crippen molar-refractivity contribution in [3.8, 4) is 11.5 Å². The van der Waals surface area contributed by atoms with Crippen LogP contribution in [0.25, 0.3) is 10.8 Å². The fourth-order valence-corrected chi connectivity index (χ4v) is 15.0. The van der Waals surface area contributed by atoms with Crippen LogP contribution in [0.15, 0.2) is 41.0 Å². The molecule has 3 heterocycles. The van der Waals surface area contributed by atoms with E-state index in [1.54, 1.807) is 13.0 Å². The summed E-state index contributed by atoms with van der Waals surface area (Å²) in [7, 11) is 0. The maximum atomic E-state index is 12.6. The molecule has 11 unspecified atom stereocenters. The van der Waals surface area contributed by atoms with E-state index >= 15 is 0 Å². The molecule has 0 bridgehead atoms. The fraction of sp³-hybridized carbons (Fsp3) is 0.667. The Balaban J connectivity index is 1.03. The van der Waals surface area contributed by atoms with Crippen LogP contribution in [-0.4, -0.2) is 106 Å². The van der Waals surface area contributed by atoms with Crippen molar-refractivity contribution in [3.05, 3.63) is 57.7 Å². The van der Waals surface area contributed by atoms with Gasteiger partial charge in [0.15, 0.2) is 5.78 Å². The molecule has 11 atom stereocenters. The first-order valence-electron chi connectivity index (χ1n) is 22.4. The van der Waals surface area contributed by atoms with E-state index in [9.17, 15) is 40.2 Å². The number of phenols is 1. The number of carboxylic acids is 1. The van der Waals surface area contributed by atoms with E-state index in [0.29, 0.717) is 60.7 Å². The van der Waals surface area contributed by atoms with Crippen LogP contribution >= 0.6 is 0 Å². The van der Waals surface area contributed by atoms with E-state index in [1.165, 1.54) is 75.1 Å². The predicted octanol–water partition coefficient (Wildman–Crippen LogP) is 6.15. The number of carbonyl (C=O) groups excluding carboxylic acids is 1. The van der Waals surface area contributed by atoms with Crippen LogP contribution in [-0.2, 0) is 14.2 Å². The minimum atomic E-state index is -1.71. The number of phenolic OH excluding ortho intramolecular Hbond substituents is 1. The van der Waals surface area contributed by atoms with Gasteiger partial charge in [0.2, 0.25) is 6.29 Å². The number of benzene rings is 2. The lowest BCUT2D eigenvalue weighted by molar-refractivity contribution is -0.326. The Labute approximate surface area is 350 Å². The standard InChI is InChI=1S/C48H60O12/c1-25-14-28-15-29(43(55)56)16-34(38(28)40(52)36(25)26(2)51)59-44-41(53)42(54)48(35(20-50)60-44)19-31-32-18-46(12-11-45(23-46)8-3-4-9-45)17-30-21-57-24-47(39(30)32,10-5-13-49)33-7-6-27(22-58-48)37(31)33/h7,14-16,30-32,35,39,41-42,44,49-50,52-54H,3-6,8-13,17-24H2,1-2H3,(H,55,56). The SMILES string of the molecule is CC(=O)c1c(C)cc2cc(C(=O)O)cc(OC3OC(CO)C4(CC5C6=C(CC=C6C6(CCCO)COCC7CC8(CCC9(CCCC9)C8)CC5C76)CO4)C(O)C3O)c2c1O. The first-order chi connectivity index (χ1) is 28.8. The number of ether oxygens (including phenoxy) is 4. The van der Waals surface area contributed by atoms with Gasteiger partial charge in [-0.2, -0.15) is 0 Å². The van der Waals surface area contributed by atoms with Gasteiger partial charge < -0.3 is 49.6 Å². The van der Waals surface area contributed by atoms with Crippen molar-refractivity contribution in [2.45, 2.75) is 128 Å². The number of rotatable bonds is 8. The number of fused-ring (bicyclic) bond motifs is 3. The molecule has 3 aliphatic heterocycles. The average Bonchev–Trinajstić information content (AvgIpc) is 3.93. The van der Waals surface area contributed by atoms with Gasteiger partial charge in [-0.15, -0.1) is 0 Å². The first-order valence-corrected chi connectivity index (χ1v) is 22.4. The molecular formula is C48H60O12. The number of ketones is 1. The second-order valence-electron chi connectivity index (χ2n) is 20.2. The number of aryl methyl sites for hydroxylation is 1. The lowest BCUT2D eigenvalue weighted by Gasteiger charge is -2.64. The zero-order chi connectivity index (χ0) is 41.9. The maximum Gasteiger partial charge on any atom is 0.335 e. The molecule has 12 heteroatoms. The molecule has 10 rings (SSSR count). The van der Waals surface area contributed by atoms with E-state index in [0.717, 1.165) is 24.8 Å². The topological polar surface area (TPSA) is 192 Å². The molecule has 5 aliphatic carbocycles. The van der Waals surface area contributed by atoms with Gasteiger partial charge in [0.1, 0.15) is 35.4 Å². The highest BCUT2D eigenvalue weighted by molar-refractivity contribution is 6.08. The molecule has 0 amide bonds. The van der Waals surface area contributed by atoms with E-state index in [-0.39, 0.29) is 58.1 Å². The van der Waals surface area contributed by atoms with Crippen LogP contribution in [0.4, 0.5) is 0 Å². The van der Waals surface area contributed by atoms with Crippen LogP contribution in [0.2, 0.25) is 0 Å². The van der Waals surface area contributed by atoms with Crippen LogP contribution in [0, 0.1) is 46.8 Å². The Kier molecular flexibility index (Phi) is 9.91. The molecule has 8 aliphatic rings. The molecule has 6 fully saturated rings. The summed E-state index contributed by atoms with van der Waals surface area (Å²) < 4.78 is 26.2. The van der Waals surface area contributed by atoms with Crippen molar-refractivity contribution in [3.63, 3.8) is 0 Å². The van der Waals surface area contributed by atoms with Gasteiger partial charge in [0.05, 0.1) is 36.3 Å². The molecule has 324 valence electrons. The third-order valence-corrected chi connectivity index (χ3v) is 17.1. The molecule has 6 N–H and O–H groups in total. The van der Waals surface area contributed by atoms with Crippen molar-refractivity contribution in [2.24, 2.45) is 39.9 Å². The van der Waals surface area contributed by atoms with Crippen LogP contribution < -0.4 is 4.74 Å². The number of aromatic carboxylic acids is 1. The summed E-state index contributed by atoms with van der Waals surface area (Å²) in [6, 6.07) is 4.16. The maximum absolute atomic E-state index is 12.6. The number of carboxylic acid groups (broad SMARTS) is 1. The summed E-state index contributed by atoms with van der Waals surface area (Å²) in [5, 5.41) is 67.8. The molecule has 3 spiro atoms. The van der Waals surface area contributed by atoms with Gasteiger partial charge in [0.25, 0.3) is 0 Å². The molecule has 2 aromatic carbocycles. The number of Topliss-reactive ketones (excluding diaryl/α,β-unsaturated/α-hetero) is 1. The van der Waals surface area contributed by atoms with E-state index in [1.807, 2.05) is 0 Å². The molecule has 12 nitrogen and oxygen atoms in total. The predicted molar refractivity (Wildman–Crippen MR) is 219 cm³/mol. The van der Waals surface area contributed by atoms with Gasteiger partial charge in [-0.1, -0.05) is 25.0 Å². The van der Waals surface area contributed by atoms with Gasteiger partial charge in [-0.25, -0.2) is 4.79 Å². The van der Waals surface area contributed by atoms with Crippen molar-refractivity contribution in [2.75, 3.05) is 33.0 Å². The first kappa shape index (κ1) is 40.7. The average molecular weight is 829 g/mol. The minimum Gasteiger partial charge on any atom is -0.506 e. The smallest absolute Gasteiger partial charge is 0.335 e. The van der Waals surface area contributed by atoms with Gasteiger partial charge in [0, 0.05) is 18.6 Å². The summed E-state index contributed by atoms with van der Waals surface area (Å²) in [5.74, 6) is -1.37. The van der Waals surface area contributed by atoms with Crippen molar-refractivity contribution < 1.29 is 59.2 Å². The minimum absolute atomic E-state index is 0.0419. The molecule has 2 aromatic rings. The van der Waals surface area contributed by atoms with E-state index < -0.39 is 54.3 Å². The number of carbonyl (C=O) groups is 2. The summed E-state index contributed by atoms with van der Waals surface area (Å²) >= 11 is 0. The quantitative estimate of drug-likeness (QED) is 0.167. The molecule has 2 saturated heterocycles. The number of allylic oxidation sites excluding steroid dienone is 2. The summed E-state index contributed by atoms with van der Waals surface area (Å²) in [6.45, 7) is 4.03. The summed E-state index contributed by atoms with van der Waals surface area (Å²) in [6.07, 6.45) is 10.0. The highest BCUT2D eigenvalue weighted by Gasteiger charge is 2.68. The number of hydrogen-bond donors (Lipinski definition) is 6.